The number of nitriles is 2. The largest absolute Gasteiger partial charge is 0.398 e. The number of aliphatic imine (C=N–C) groups is 1. The van der Waals surface area contributed by atoms with E-state index in [1.807, 2.05) is 36.4 Å². The van der Waals surface area contributed by atoms with E-state index in [2.05, 4.69) is 114 Å². The average molecular weight is 774 g/mol. The monoisotopic (exact) mass is 772 g/mol. The number of amides is 1. The predicted molar refractivity (Wildman–Crippen MR) is 236 cm³/mol. The van der Waals surface area contributed by atoms with Crippen LogP contribution in [0.15, 0.2) is 89.9 Å². The van der Waals surface area contributed by atoms with E-state index in [1.54, 1.807) is 12.1 Å². The molecule has 0 saturated heterocycles. The smallest absolute Gasteiger partial charge is 0.251 e. The molecule has 0 fully saturated rings. The fraction of sp³-hybridized carbons (Fsp3) is 0.417. The summed E-state index contributed by atoms with van der Waals surface area (Å²) in [6.07, 6.45) is 3.81. The molecule has 1 amide bonds. The molecular weight excluding hydrogens is 712 g/mol. The van der Waals surface area contributed by atoms with Gasteiger partial charge in [0, 0.05) is 41.5 Å². The topological polar surface area (TPSA) is 118 Å². The first-order chi connectivity index (χ1) is 26.8. The SMILES string of the molecule is CC(C)Cc1cc(C#N)cc(CC(C)C)c1N.CC(C)Cc1cc(C#N)cc(CC(C)C)c1N1CCN=C1c1ccccc1.O=C(NCCCl)c1ccccc1. The number of nitrogen functional groups attached to an aromatic ring is 1. The quantitative estimate of drug-likeness (QED) is 0.104. The highest BCUT2D eigenvalue weighted by Crippen LogP contribution is 2.34. The zero-order chi connectivity index (χ0) is 41.2. The molecule has 7 nitrogen and oxygen atoms in total. The van der Waals surface area contributed by atoms with Crippen molar-refractivity contribution in [3.8, 4) is 12.1 Å². The van der Waals surface area contributed by atoms with Gasteiger partial charge in [-0.15, -0.1) is 11.6 Å². The van der Waals surface area contributed by atoms with Crippen molar-refractivity contribution >= 4 is 34.7 Å². The van der Waals surface area contributed by atoms with Gasteiger partial charge in [0.2, 0.25) is 0 Å². The van der Waals surface area contributed by atoms with E-state index < -0.39 is 0 Å². The van der Waals surface area contributed by atoms with Crippen LogP contribution in [-0.2, 0) is 25.7 Å². The Kier molecular flexibility index (Phi) is 18.7. The normalized spacial score (nSPS) is 12.1. The molecule has 8 heteroatoms. The van der Waals surface area contributed by atoms with Gasteiger partial charge >= 0.3 is 0 Å². The Morgan fingerprint density at radius 2 is 1.16 bits per heavy atom. The van der Waals surface area contributed by atoms with Crippen molar-refractivity contribution < 1.29 is 4.79 Å². The zero-order valence-corrected chi connectivity index (χ0v) is 35.5. The number of rotatable bonds is 13. The zero-order valence-electron chi connectivity index (χ0n) is 34.7. The molecule has 296 valence electrons. The number of nitrogens with two attached hydrogens (primary N) is 1. The van der Waals surface area contributed by atoms with Crippen LogP contribution in [0.2, 0.25) is 0 Å². The molecule has 0 aromatic heterocycles. The summed E-state index contributed by atoms with van der Waals surface area (Å²) in [5, 5.41) is 21.3. The first-order valence-corrected chi connectivity index (χ1v) is 20.4. The van der Waals surface area contributed by atoms with E-state index in [9.17, 15) is 10.1 Å². The number of nitrogens with zero attached hydrogens (tertiary/aromatic N) is 4. The third kappa shape index (κ3) is 14.2. The number of halogens is 1. The predicted octanol–water partition coefficient (Wildman–Crippen LogP) is 10.4. The average Bonchev–Trinajstić information content (AvgIpc) is 3.65. The first-order valence-electron chi connectivity index (χ1n) is 19.9. The molecule has 0 unspecified atom stereocenters. The summed E-state index contributed by atoms with van der Waals surface area (Å²) in [6.45, 7) is 19.8. The number of carbonyl (C=O) groups excluding carboxylic acids is 1. The van der Waals surface area contributed by atoms with Gasteiger partial charge in [-0.2, -0.15) is 10.5 Å². The molecule has 3 N–H and O–H groups in total. The van der Waals surface area contributed by atoms with Gasteiger partial charge in [-0.25, -0.2) is 0 Å². The van der Waals surface area contributed by atoms with Crippen molar-refractivity contribution in [1.82, 2.24) is 5.32 Å². The van der Waals surface area contributed by atoms with Crippen LogP contribution in [0, 0.1) is 46.3 Å². The van der Waals surface area contributed by atoms with E-state index >= 15 is 0 Å². The van der Waals surface area contributed by atoms with E-state index in [-0.39, 0.29) is 5.91 Å². The number of hydrogen-bond donors (Lipinski definition) is 2. The lowest BCUT2D eigenvalue weighted by atomic mass is 9.91. The van der Waals surface area contributed by atoms with Crippen molar-refractivity contribution in [2.75, 3.05) is 36.1 Å². The molecule has 0 atom stereocenters. The minimum absolute atomic E-state index is 0.0729. The molecular formula is C48H61ClN6O. The highest BCUT2D eigenvalue weighted by molar-refractivity contribution is 6.18. The third-order valence-electron chi connectivity index (χ3n) is 8.95. The summed E-state index contributed by atoms with van der Waals surface area (Å²) in [6, 6.07) is 32.1. The highest BCUT2D eigenvalue weighted by Gasteiger charge is 2.26. The van der Waals surface area contributed by atoms with Crippen molar-refractivity contribution in [3.05, 3.63) is 129 Å². The molecule has 1 aliphatic rings. The van der Waals surface area contributed by atoms with E-state index in [4.69, 9.17) is 27.6 Å². The van der Waals surface area contributed by atoms with Gasteiger partial charge in [0.15, 0.2) is 0 Å². The van der Waals surface area contributed by atoms with Crippen LogP contribution in [-0.4, -0.2) is 37.3 Å². The number of benzene rings is 4. The second-order valence-electron chi connectivity index (χ2n) is 16.0. The molecule has 0 saturated carbocycles. The minimum atomic E-state index is -0.0729. The van der Waals surface area contributed by atoms with E-state index in [0.717, 1.165) is 78.1 Å². The van der Waals surface area contributed by atoms with Crippen LogP contribution in [0.5, 0.6) is 0 Å². The summed E-state index contributed by atoms with van der Waals surface area (Å²) >= 11 is 5.42. The van der Waals surface area contributed by atoms with Gasteiger partial charge in [0.05, 0.1) is 29.8 Å². The number of alkyl halides is 1. The Morgan fingerprint density at radius 1 is 0.732 bits per heavy atom. The van der Waals surface area contributed by atoms with Gasteiger partial charge < -0.3 is 16.0 Å². The molecule has 1 aliphatic heterocycles. The van der Waals surface area contributed by atoms with Crippen molar-refractivity contribution in [2.24, 2.45) is 28.7 Å². The van der Waals surface area contributed by atoms with Crippen molar-refractivity contribution in [2.45, 2.75) is 81.1 Å². The van der Waals surface area contributed by atoms with Crippen LogP contribution in [0.3, 0.4) is 0 Å². The fourth-order valence-electron chi connectivity index (χ4n) is 6.77. The van der Waals surface area contributed by atoms with Gasteiger partial charge in [-0.05, 0) is 108 Å². The first kappa shape index (κ1) is 45.3. The van der Waals surface area contributed by atoms with Gasteiger partial charge in [0.1, 0.15) is 5.84 Å². The fourth-order valence-corrected chi connectivity index (χ4v) is 6.87. The maximum atomic E-state index is 11.2. The third-order valence-corrected chi connectivity index (χ3v) is 9.14. The standard InChI is InChI=1S/C24H29N3.C15H22N2.C9H10ClNO/c1-17(2)12-21-14-19(16-25)15-22(13-18(3)4)23(21)27-11-10-26-24(27)20-8-6-5-7-9-20;1-10(2)5-13-7-12(9-16)8-14(15(13)17)6-11(3)4;10-6-7-11-9(12)8-4-2-1-3-5-8/h5-9,14-15,17-18H,10-13H2,1-4H3;7-8,10-11H,5-6,17H2,1-4H3;1-5H,6-7H2,(H,11,12). The Hall–Kier alpha value is -5.11. The molecule has 0 aliphatic carbocycles. The molecule has 0 spiro atoms. The van der Waals surface area contributed by atoms with Crippen LogP contribution < -0.4 is 16.0 Å². The number of anilines is 2. The van der Waals surface area contributed by atoms with Crippen LogP contribution >= 0.6 is 11.6 Å². The second kappa shape index (κ2) is 23.1. The number of amidine groups is 1. The Labute approximate surface area is 341 Å². The number of nitrogens with one attached hydrogen (secondary N) is 1. The molecule has 1 heterocycles. The number of carbonyl (C=O) groups is 1. The number of hydrogen-bond acceptors (Lipinski definition) is 6. The van der Waals surface area contributed by atoms with Gasteiger partial charge in [-0.3, -0.25) is 9.79 Å². The van der Waals surface area contributed by atoms with Gasteiger partial charge in [-0.1, -0.05) is 104 Å². The van der Waals surface area contributed by atoms with Gasteiger partial charge in [0.25, 0.3) is 5.91 Å². The highest BCUT2D eigenvalue weighted by atomic mass is 35.5. The minimum Gasteiger partial charge on any atom is -0.398 e. The van der Waals surface area contributed by atoms with Crippen LogP contribution in [0.4, 0.5) is 11.4 Å². The van der Waals surface area contributed by atoms with Crippen LogP contribution in [0.25, 0.3) is 0 Å². The lowest BCUT2D eigenvalue weighted by molar-refractivity contribution is 0.0956. The van der Waals surface area contributed by atoms with E-state index in [1.165, 1.54) is 16.8 Å². The Bertz CT molecular complexity index is 1890. The maximum Gasteiger partial charge on any atom is 0.251 e. The summed E-state index contributed by atoms with van der Waals surface area (Å²) in [5.41, 5.74) is 16.4. The van der Waals surface area contributed by atoms with Crippen LogP contribution in [0.1, 0.15) is 105 Å². The summed E-state index contributed by atoms with van der Waals surface area (Å²) in [5.74, 6) is 3.59. The molecule has 0 radical (unpaired) electrons. The molecule has 4 aromatic carbocycles. The lowest BCUT2D eigenvalue weighted by Gasteiger charge is -2.28. The molecule has 5 rings (SSSR count). The maximum absolute atomic E-state index is 11.2. The van der Waals surface area contributed by atoms with Crippen molar-refractivity contribution in [3.63, 3.8) is 0 Å². The molecule has 4 aromatic rings. The molecule has 0 bridgehead atoms. The summed E-state index contributed by atoms with van der Waals surface area (Å²) in [7, 11) is 0. The molecule has 56 heavy (non-hydrogen) atoms. The van der Waals surface area contributed by atoms with E-state index in [0.29, 0.717) is 41.7 Å². The second-order valence-corrected chi connectivity index (χ2v) is 16.4. The lowest BCUT2D eigenvalue weighted by Crippen LogP contribution is -2.30. The Balaban J connectivity index is 0.000000248. The summed E-state index contributed by atoms with van der Waals surface area (Å²) < 4.78 is 0. The van der Waals surface area contributed by atoms with Crippen molar-refractivity contribution in [1.29, 1.82) is 10.5 Å². The Morgan fingerprint density at radius 3 is 1.59 bits per heavy atom. The summed E-state index contributed by atoms with van der Waals surface area (Å²) in [4.78, 5) is 18.4.